The largest absolute Gasteiger partial charge is 0.492 e. The first kappa shape index (κ1) is 19.3. The van der Waals surface area contributed by atoms with Crippen LogP contribution in [0.4, 0.5) is 5.95 Å². The Morgan fingerprint density at radius 3 is 2.90 bits per heavy atom. The molecule has 0 bridgehead atoms. The van der Waals surface area contributed by atoms with E-state index in [1.807, 2.05) is 42.5 Å². The fourth-order valence-electron chi connectivity index (χ4n) is 3.67. The maximum Gasteiger partial charge on any atom is 0.220 e. The second-order valence-corrected chi connectivity index (χ2v) is 7.36. The number of methoxy groups -OCH3 is 1. The Kier molecular flexibility index (Phi) is 5.13. The zero-order chi connectivity index (χ0) is 21.2. The Balaban J connectivity index is 1.38. The zero-order valence-electron chi connectivity index (χ0n) is 17.1. The normalized spacial score (nSPS) is 15.5. The Morgan fingerprint density at radius 1 is 1.10 bits per heavy atom. The number of nitrogen functional groups attached to an aromatic ring is 1. The van der Waals surface area contributed by atoms with Crippen LogP contribution in [0, 0.1) is 0 Å². The van der Waals surface area contributed by atoms with Gasteiger partial charge >= 0.3 is 0 Å². The van der Waals surface area contributed by atoms with Crippen molar-refractivity contribution >= 4 is 17.0 Å². The third-order valence-electron chi connectivity index (χ3n) is 5.22. The zero-order valence-corrected chi connectivity index (χ0v) is 17.1. The number of hydrogen-bond acceptors (Lipinski definition) is 8. The van der Waals surface area contributed by atoms with E-state index < -0.39 is 0 Å². The SMILES string of the molecule is COCCOc1ccc2c(c1)CC(c1nc3ccc(-c4ccnc(N)n4)cc3o1)CO2. The summed E-state index contributed by atoms with van der Waals surface area (Å²) < 4.78 is 22.8. The standard InChI is InChI=1S/C23H22N4O4/c1-28-8-9-29-17-3-5-20-15(11-17)10-16(13-30-20)22-26-19-4-2-14(12-21(19)31-22)18-6-7-25-23(24)27-18/h2-7,11-12,16H,8-10,13H2,1H3,(H2,24,25,27). The second-order valence-electron chi connectivity index (χ2n) is 7.36. The molecule has 0 spiro atoms. The molecule has 1 aliphatic rings. The summed E-state index contributed by atoms with van der Waals surface area (Å²) in [4.78, 5) is 12.9. The first-order chi connectivity index (χ1) is 15.2. The third-order valence-corrected chi connectivity index (χ3v) is 5.22. The van der Waals surface area contributed by atoms with Crippen molar-refractivity contribution < 1.29 is 18.6 Å². The summed E-state index contributed by atoms with van der Waals surface area (Å²) >= 11 is 0. The van der Waals surface area contributed by atoms with Crippen molar-refractivity contribution in [3.05, 3.63) is 60.1 Å². The van der Waals surface area contributed by atoms with Crippen LogP contribution in [-0.4, -0.2) is 41.9 Å². The van der Waals surface area contributed by atoms with Crippen LogP contribution in [0.15, 0.2) is 53.1 Å². The number of oxazole rings is 1. The molecule has 2 aromatic heterocycles. The van der Waals surface area contributed by atoms with Gasteiger partial charge in [0.1, 0.15) is 30.2 Å². The lowest BCUT2D eigenvalue weighted by atomic mass is 9.96. The van der Waals surface area contributed by atoms with Gasteiger partial charge in [0, 0.05) is 18.9 Å². The molecule has 8 heteroatoms. The maximum atomic E-state index is 6.11. The molecule has 8 nitrogen and oxygen atoms in total. The van der Waals surface area contributed by atoms with Crippen LogP contribution in [0.2, 0.25) is 0 Å². The van der Waals surface area contributed by atoms with E-state index in [1.165, 1.54) is 0 Å². The van der Waals surface area contributed by atoms with Crippen LogP contribution < -0.4 is 15.2 Å². The molecule has 1 unspecified atom stereocenters. The molecule has 1 aliphatic heterocycles. The Hall–Kier alpha value is -3.65. The van der Waals surface area contributed by atoms with Gasteiger partial charge in [-0.3, -0.25) is 0 Å². The van der Waals surface area contributed by atoms with Gasteiger partial charge in [-0.15, -0.1) is 0 Å². The molecule has 0 saturated carbocycles. The molecule has 4 aromatic rings. The van der Waals surface area contributed by atoms with Crippen molar-refractivity contribution in [1.82, 2.24) is 15.0 Å². The summed E-state index contributed by atoms with van der Waals surface area (Å²) in [5, 5.41) is 0. The van der Waals surface area contributed by atoms with E-state index in [1.54, 1.807) is 13.3 Å². The van der Waals surface area contributed by atoms with Gasteiger partial charge in [0.2, 0.25) is 11.8 Å². The van der Waals surface area contributed by atoms with E-state index in [9.17, 15) is 0 Å². The summed E-state index contributed by atoms with van der Waals surface area (Å²) in [6.45, 7) is 1.56. The van der Waals surface area contributed by atoms with Crippen molar-refractivity contribution in [2.24, 2.45) is 0 Å². The van der Waals surface area contributed by atoms with E-state index >= 15 is 0 Å². The highest BCUT2D eigenvalue weighted by Crippen LogP contribution is 2.36. The minimum atomic E-state index is 0.0206. The summed E-state index contributed by atoms with van der Waals surface area (Å²) in [6, 6.07) is 13.5. The lowest BCUT2D eigenvalue weighted by Gasteiger charge is -2.23. The van der Waals surface area contributed by atoms with Crippen LogP contribution in [0.3, 0.4) is 0 Å². The van der Waals surface area contributed by atoms with Gasteiger partial charge in [-0.1, -0.05) is 6.07 Å². The third kappa shape index (κ3) is 4.02. The predicted molar refractivity (Wildman–Crippen MR) is 115 cm³/mol. The van der Waals surface area contributed by atoms with Crippen LogP contribution in [0.25, 0.3) is 22.4 Å². The average molecular weight is 418 g/mol. The van der Waals surface area contributed by atoms with Gasteiger partial charge < -0.3 is 24.4 Å². The van der Waals surface area contributed by atoms with Crippen molar-refractivity contribution in [3.63, 3.8) is 0 Å². The molecule has 5 rings (SSSR count). The minimum Gasteiger partial charge on any atom is -0.492 e. The first-order valence-electron chi connectivity index (χ1n) is 10.1. The highest BCUT2D eigenvalue weighted by atomic mass is 16.5. The molecule has 0 amide bonds. The molecule has 1 atom stereocenters. The van der Waals surface area contributed by atoms with Gasteiger partial charge in [-0.2, -0.15) is 0 Å². The number of anilines is 1. The maximum absolute atomic E-state index is 6.11. The van der Waals surface area contributed by atoms with Gasteiger partial charge in [0.05, 0.1) is 18.2 Å². The smallest absolute Gasteiger partial charge is 0.220 e. The number of nitrogens with zero attached hydrogens (tertiary/aromatic N) is 3. The molecular formula is C23H22N4O4. The van der Waals surface area contributed by atoms with E-state index in [0.29, 0.717) is 31.3 Å². The van der Waals surface area contributed by atoms with Gasteiger partial charge in [0.15, 0.2) is 5.58 Å². The molecular weight excluding hydrogens is 396 g/mol. The van der Waals surface area contributed by atoms with Crippen molar-refractivity contribution in [2.75, 3.05) is 32.7 Å². The second kappa shape index (κ2) is 8.23. The molecule has 3 heterocycles. The first-order valence-corrected chi connectivity index (χ1v) is 10.1. The molecule has 0 fully saturated rings. The van der Waals surface area contributed by atoms with Crippen LogP contribution in [-0.2, 0) is 11.2 Å². The van der Waals surface area contributed by atoms with Crippen molar-refractivity contribution in [1.29, 1.82) is 0 Å². The van der Waals surface area contributed by atoms with E-state index in [2.05, 4.69) is 9.97 Å². The van der Waals surface area contributed by atoms with Gasteiger partial charge in [-0.05, 0) is 48.4 Å². The predicted octanol–water partition coefficient (Wildman–Crippen LogP) is 3.61. The van der Waals surface area contributed by atoms with Gasteiger partial charge in [0.25, 0.3) is 0 Å². The van der Waals surface area contributed by atoms with Crippen LogP contribution >= 0.6 is 0 Å². The van der Waals surface area contributed by atoms with Crippen molar-refractivity contribution in [3.8, 4) is 22.8 Å². The number of benzene rings is 2. The quantitative estimate of drug-likeness (QED) is 0.474. The summed E-state index contributed by atoms with van der Waals surface area (Å²) in [5.41, 5.74) is 9.91. The molecule has 0 saturated heterocycles. The average Bonchev–Trinajstić information content (AvgIpc) is 3.22. The van der Waals surface area contributed by atoms with E-state index in [0.717, 1.165) is 40.3 Å². The molecule has 158 valence electrons. The minimum absolute atomic E-state index is 0.0206. The summed E-state index contributed by atoms with van der Waals surface area (Å²) in [6.07, 6.45) is 2.40. The van der Waals surface area contributed by atoms with Gasteiger partial charge in [-0.25, -0.2) is 15.0 Å². The Morgan fingerprint density at radius 2 is 2.03 bits per heavy atom. The lowest BCUT2D eigenvalue weighted by molar-refractivity contribution is 0.146. The highest BCUT2D eigenvalue weighted by molar-refractivity contribution is 5.79. The molecule has 2 aromatic carbocycles. The van der Waals surface area contributed by atoms with E-state index in [-0.39, 0.29) is 11.9 Å². The number of rotatable bonds is 6. The number of hydrogen-bond donors (Lipinski definition) is 1. The Bertz CT molecular complexity index is 1220. The van der Waals surface area contributed by atoms with Crippen LogP contribution in [0.1, 0.15) is 17.4 Å². The summed E-state index contributed by atoms with van der Waals surface area (Å²) in [7, 11) is 1.65. The highest BCUT2D eigenvalue weighted by Gasteiger charge is 2.26. The topological polar surface area (TPSA) is 106 Å². The number of ether oxygens (including phenoxy) is 3. The molecule has 0 aliphatic carbocycles. The fourth-order valence-corrected chi connectivity index (χ4v) is 3.67. The summed E-state index contributed by atoms with van der Waals surface area (Å²) in [5.74, 6) is 2.58. The Labute approximate surface area is 179 Å². The fraction of sp³-hybridized carbons (Fsp3) is 0.261. The number of nitrogens with two attached hydrogens (primary N) is 1. The van der Waals surface area contributed by atoms with Crippen molar-refractivity contribution in [2.45, 2.75) is 12.3 Å². The molecule has 31 heavy (non-hydrogen) atoms. The van der Waals surface area contributed by atoms with E-state index in [4.69, 9.17) is 29.3 Å². The number of fused-ring (bicyclic) bond motifs is 2. The lowest BCUT2D eigenvalue weighted by Crippen LogP contribution is -2.19. The molecule has 2 N–H and O–H groups in total. The number of aromatic nitrogens is 3. The molecule has 0 radical (unpaired) electrons. The monoisotopic (exact) mass is 418 g/mol. The van der Waals surface area contributed by atoms with Crippen LogP contribution in [0.5, 0.6) is 11.5 Å².